The maximum Gasteiger partial charge on any atom is 0.0750 e. The second kappa shape index (κ2) is 8.66. The van der Waals surface area contributed by atoms with Crippen molar-refractivity contribution in [2.24, 2.45) is 5.73 Å². The minimum atomic E-state index is 0.367. The molecule has 0 saturated carbocycles. The Balaban J connectivity index is 2.14. The fourth-order valence-corrected chi connectivity index (χ4v) is 3.77. The predicted molar refractivity (Wildman–Crippen MR) is 92.2 cm³/mol. The lowest BCUT2D eigenvalue weighted by Crippen LogP contribution is -2.40. The van der Waals surface area contributed by atoms with E-state index in [1.807, 2.05) is 11.8 Å². The van der Waals surface area contributed by atoms with Gasteiger partial charge in [0, 0.05) is 42.4 Å². The van der Waals surface area contributed by atoms with E-state index in [4.69, 9.17) is 10.5 Å². The van der Waals surface area contributed by atoms with E-state index < -0.39 is 0 Å². The topological polar surface area (TPSA) is 38.5 Å². The quantitative estimate of drug-likeness (QED) is 0.780. The molecule has 1 fully saturated rings. The molecule has 1 unspecified atom stereocenters. The minimum absolute atomic E-state index is 0.367. The minimum Gasteiger partial charge on any atom is -0.376 e. The lowest BCUT2D eigenvalue weighted by atomic mass is 10.0. The third-order valence-corrected chi connectivity index (χ3v) is 4.87. The van der Waals surface area contributed by atoms with Crippen molar-refractivity contribution in [3.05, 3.63) is 23.8 Å². The van der Waals surface area contributed by atoms with Gasteiger partial charge < -0.3 is 15.4 Å². The van der Waals surface area contributed by atoms with Crippen LogP contribution in [0.25, 0.3) is 0 Å². The normalized spacial score (nSPS) is 19.0. The van der Waals surface area contributed by atoms with E-state index in [0.29, 0.717) is 12.6 Å². The summed E-state index contributed by atoms with van der Waals surface area (Å²) >= 11 is 1.88. The third kappa shape index (κ3) is 4.38. The molecule has 1 heterocycles. The largest absolute Gasteiger partial charge is 0.376 e. The standard InChI is InChI=1S/C17H28N2OS/c1-3-11-20-14-7-6-10-19(13-14)16-8-5-9-17(21-4-2)15(16)12-18/h5,8-9,14H,3-4,6-7,10-13,18H2,1-2H3. The van der Waals surface area contributed by atoms with Crippen LogP contribution in [0.5, 0.6) is 0 Å². The molecule has 1 atom stereocenters. The molecule has 1 aromatic rings. The van der Waals surface area contributed by atoms with Gasteiger partial charge in [0.05, 0.1) is 6.10 Å². The first-order valence-electron chi connectivity index (χ1n) is 8.11. The van der Waals surface area contributed by atoms with Gasteiger partial charge in [-0.2, -0.15) is 0 Å². The lowest BCUT2D eigenvalue weighted by Gasteiger charge is -2.35. The van der Waals surface area contributed by atoms with Crippen molar-refractivity contribution >= 4 is 17.4 Å². The molecule has 2 N–H and O–H groups in total. The average molecular weight is 308 g/mol. The molecule has 0 amide bonds. The number of thioether (sulfide) groups is 1. The molecule has 2 rings (SSSR count). The number of nitrogens with two attached hydrogens (primary N) is 1. The van der Waals surface area contributed by atoms with Gasteiger partial charge in [0.2, 0.25) is 0 Å². The highest BCUT2D eigenvalue weighted by Gasteiger charge is 2.22. The van der Waals surface area contributed by atoms with Crippen molar-refractivity contribution in [3.8, 4) is 0 Å². The summed E-state index contributed by atoms with van der Waals surface area (Å²) in [6, 6.07) is 6.56. The van der Waals surface area contributed by atoms with Crippen LogP contribution in [0.15, 0.2) is 23.1 Å². The molecule has 118 valence electrons. The highest BCUT2D eigenvalue weighted by Crippen LogP contribution is 2.32. The van der Waals surface area contributed by atoms with Gasteiger partial charge in [-0.25, -0.2) is 0 Å². The first-order chi connectivity index (χ1) is 10.3. The molecule has 0 radical (unpaired) electrons. The molecule has 0 bridgehead atoms. The van der Waals surface area contributed by atoms with Gasteiger partial charge in [-0.05, 0) is 37.1 Å². The van der Waals surface area contributed by atoms with Crippen molar-refractivity contribution in [1.82, 2.24) is 0 Å². The Morgan fingerprint density at radius 3 is 2.95 bits per heavy atom. The Hall–Kier alpha value is -0.710. The highest BCUT2D eigenvalue weighted by molar-refractivity contribution is 7.99. The Kier molecular flexibility index (Phi) is 6.87. The monoisotopic (exact) mass is 308 g/mol. The fraction of sp³-hybridized carbons (Fsp3) is 0.647. The summed E-state index contributed by atoms with van der Waals surface area (Å²) in [4.78, 5) is 3.79. The van der Waals surface area contributed by atoms with Crippen LogP contribution in [-0.2, 0) is 11.3 Å². The van der Waals surface area contributed by atoms with Crippen LogP contribution < -0.4 is 10.6 Å². The fourth-order valence-electron chi connectivity index (χ4n) is 2.92. The molecular weight excluding hydrogens is 280 g/mol. The molecular formula is C17H28N2OS. The van der Waals surface area contributed by atoms with Gasteiger partial charge in [-0.3, -0.25) is 0 Å². The van der Waals surface area contributed by atoms with E-state index in [2.05, 4.69) is 36.9 Å². The van der Waals surface area contributed by atoms with E-state index in [9.17, 15) is 0 Å². The van der Waals surface area contributed by atoms with Crippen LogP contribution in [0, 0.1) is 0 Å². The maximum atomic E-state index is 6.03. The van der Waals surface area contributed by atoms with Gasteiger partial charge in [0.15, 0.2) is 0 Å². The zero-order valence-electron chi connectivity index (χ0n) is 13.3. The molecule has 0 aromatic heterocycles. The number of hydrogen-bond acceptors (Lipinski definition) is 4. The summed E-state index contributed by atoms with van der Waals surface area (Å²) in [6.07, 6.45) is 3.83. The number of benzene rings is 1. The molecule has 4 heteroatoms. The van der Waals surface area contributed by atoms with Gasteiger partial charge in [0.1, 0.15) is 0 Å². The van der Waals surface area contributed by atoms with Crippen molar-refractivity contribution in [2.75, 3.05) is 30.3 Å². The number of piperidine rings is 1. The summed E-state index contributed by atoms with van der Waals surface area (Å²) in [5.41, 5.74) is 8.63. The van der Waals surface area contributed by atoms with Gasteiger partial charge in [0.25, 0.3) is 0 Å². The molecule has 1 aliphatic heterocycles. The molecule has 1 aromatic carbocycles. The van der Waals surface area contributed by atoms with Crippen molar-refractivity contribution in [1.29, 1.82) is 0 Å². The van der Waals surface area contributed by atoms with Crippen molar-refractivity contribution in [3.63, 3.8) is 0 Å². The zero-order valence-corrected chi connectivity index (χ0v) is 14.1. The van der Waals surface area contributed by atoms with Gasteiger partial charge in [-0.1, -0.05) is 19.9 Å². The second-order valence-corrected chi connectivity index (χ2v) is 6.78. The number of nitrogens with zero attached hydrogens (tertiary/aromatic N) is 1. The lowest BCUT2D eigenvalue weighted by molar-refractivity contribution is 0.0440. The van der Waals surface area contributed by atoms with Crippen LogP contribution in [-0.4, -0.2) is 31.6 Å². The van der Waals surface area contributed by atoms with Crippen molar-refractivity contribution in [2.45, 2.75) is 50.7 Å². The number of hydrogen-bond donors (Lipinski definition) is 1. The molecule has 21 heavy (non-hydrogen) atoms. The SMILES string of the molecule is CCCOC1CCCN(c2cccc(SCC)c2CN)C1. The van der Waals surface area contributed by atoms with E-state index >= 15 is 0 Å². The van der Waals surface area contributed by atoms with Crippen LogP contribution in [0.2, 0.25) is 0 Å². The number of anilines is 1. The Bertz CT molecular complexity index is 439. The maximum absolute atomic E-state index is 6.03. The van der Waals surface area contributed by atoms with Crippen LogP contribution >= 0.6 is 11.8 Å². The van der Waals surface area contributed by atoms with Gasteiger partial charge in [-0.15, -0.1) is 11.8 Å². The second-order valence-electron chi connectivity index (χ2n) is 5.47. The van der Waals surface area contributed by atoms with Crippen LogP contribution in [0.3, 0.4) is 0 Å². The molecule has 0 aliphatic carbocycles. The van der Waals surface area contributed by atoms with Crippen LogP contribution in [0.4, 0.5) is 5.69 Å². The molecule has 1 saturated heterocycles. The van der Waals surface area contributed by atoms with Crippen molar-refractivity contribution < 1.29 is 4.74 Å². The Labute approximate surface area is 133 Å². The smallest absolute Gasteiger partial charge is 0.0750 e. The third-order valence-electron chi connectivity index (χ3n) is 3.89. The summed E-state index contributed by atoms with van der Waals surface area (Å²) < 4.78 is 5.96. The summed E-state index contributed by atoms with van der Waals surface area (Å²) in [7, 11) is 0. The Morgan fingerprint density at radius 1 is 1.38 bits per heavy atom. The molecule has 1 aliphatic rings. The van der Waals surface area contributed by atoms with E-state index in [0.717, 1.165) is 31.9 Å². The predicted octanol–water partition coefficient (Wildman–Crippen LogP) is 3.65. The number of rotatable bonds is 7. The van der Waals surface area contributed by atoms with Crippen LogP contribution in [0.1, 0.15) is 38.7 Å². The average Bonchev–Trinajstić information content (AvgIpc) is 2.53. The summed E-state index contributed by atoms with van der Waals surface area (Å²) in [5, 5.41) is 0. The number of ether oxygens (including phenoxy) is 1. The van der Waals surface area contributed by atoms with E-state index in [1.54, 1.807) is 0 Å². The van der Waals surface area contributed by atoms with Gasteiger partial charge >= 0.3 is 0 Å². The first kappa shape index (κ1) is 16.7. The molecule has 0 spiro atoms. The summed E-state index contributed by atoms with van der Waals surface area (Å²) in [5.74, 6) is 1.08. The summed E-state index contributed by atoms with van der Waals surface area (Å²) in [6.45, 7) is 7.93. The van der Waals surface area contributed by atoms with E-state index in [1.165, 1.54) is 29.0 Å². The van der Waals surface area contributed by atoms with E-state index in [-0.39, 0.29) is 0 Å². The zero-order chi connectivity index (χ0) is 15.1. The highest BCUT2D eigenvalue weighted by atomic mass is 32.2. The Morgan fingerprint density at radius 2 is 2.24 bits per heavy atom. The first-order valence-corrected chi connectivity index (χ1v) is 9.10. The molecule has 3 nitrogen and oxygen atoms in total.